The smallest absolute Gasteiger partial charge is 0.306 e. The number of fused-ring (bicyclic) bond motifs is 5. The second-order valence-corrected chi connectivity index (χ2v) is 11.4. The Morgan fingerprint density at radius 2 is 1.91 bits per heavy atom. The van der Waals surface area contributed by atoms with Crippen LogP contribution in [0.1, 0.15) is 53.4 Å². The Hall–Kier alpha value is -1.31. The van der Waals surface area contributed by atoms with Crippen LogP contribution in [-0.4, -0.2) is 52.1 Å². The van der Waals surface area contributed by atoms with Crippen LogP contribution in [0.25, 0.3) is 0 Å². The molecule has 34 heavy (non-hydrogen) atoms. The molecule has 0 bridgehead atoms. The van der Waals surface area contributed by atoms with Crippen LogP contribution in [0.4, 0.5) is 8.78 Å². The molecule has 4 aliphatic carbocycles. The second-order valence-electron chi connectivity index (χ2n) is 10.7. The summed E-state index contributed by atoms with van der Waals surface area (Å²) in [7, 11) is 0. The fourth-order valence-electron chi connectivity index (χ4n) is 7.80. The molecule has 1 N–H and O–H groups in total. The van der Waals surface area contributed by atoms with E-state index in [-0.39, 0.29) is 36.3 Å². The highest BCUT2D eigenvalue weighted by Crippen LogP contribution is 2.71. The van der Waals surface area contributed by atoms with Crippen LogP contribution < -0.4 is 0 Å². The van der Waals surface area contributed by atoms with Crippen LogP contribution in [0.5, 0.6) is 0 Å². The zero-order valence-electron chi connectivity index (χ0n) is 19.7. The quantitative estimate of drug-likeness (QED) is 0.433. The Labute approximate surface area is 207 Å². The molecule has 4 rings (SSSR count). The topological polar surface area (TPSA) is 80.7 Å². The van der Waals surface area contributed by atoms with E-state index in [0.29, 0.717) is 0 Å². The molecule has 3 saturated carbocycles. The lowest BCUT2D eigenvalue weighted by Gasteiger charge is -2.63. The minimum absolute atomic E-state index is 0.0277. The zero-order valence-corrected chi connectivity index (χ0v) is 21.2. The maximum Gasteiger partial charge on any atom is 0.306 e. The van der Waals surface area contributed by atoms with Gasteiger partial charge in [-0.1, -0.05) is 32.4 Å². The lowest BCUT2D eigenvalue weighted by molar-refractivity contribution is -0.230. The molecule has 0 amide bonds. The molecule has 188 valence electrons. The summed E-state index contributed by atoms with van der Waals surface area (Å²) >= 11 is 12.1. The van der Waals surface area contributed by atoms with E-state index in [9.17, 15) is 19.5 Å². The summed E-state index contributed by atoms with van der Waals surface area (Å²) in [6.45, 7) is 6.53. The van der Waals surface area contributed by atoms with Gasteiger partial charge in [0.15, 0.2) is 22.8 Å². The Bertz CT molecular complexity index is 1010. The summed E-state index contributed by atoms with van der Waals surface area (Å²) in [5.74, 6) is -4.23. The number of aliphatic hydroxyl groups is 1. The molecule has 4 aliphatic rings. The van der Waals surface area contributed by atoms with E-state index in [2.05, 4.69) is 0 Å². The maximum atomic E-state index is 17.3. The van der Waals surface area contributed by atoms with Gasteiger partial charge in [-0.05, 0) is 49.8 Å². The molecular formula is C25H30Cl2F2O5. The summed E-state index contributed by atoms with van der Waals surface area (Å²) in [6, 6.07) is 0. The molecule has 0 unspecified atom stereocenters. The van der Waals surface area contributed by atoms with Crippen LogP contribution >= 0.6 is 23.2 Å². The summed E-state index contributed by atoms with van der Waals surface area (Å²) in [5, 5.41) is 11.2. The minimum Gasteiger partial charge on any atom is -0.450 e. The van der Waals surface area contributed by atoms with E-state index in [0.717, 1.165) is 6.08 Å². The monoisotopic (exact) mass is 518 g/mol. The highest BCUT2D eigenvalue weighted by Gasteiger charge is 2.78. The Morgan fingerprint density at radius 3 is 2.50 bits per heavy atom. The molecule has 0 aromatic carbocycles. The number of Topliss-reactive ketones (excluding diaryl/α,β-unsaturated/α-hetero) is 1. The van der Waals surface area contributed by atoms with E-state index in [4.69, 9.17) is 27.9 Å². The number of hydrogen-bond donors (Lipinski definition) is 1. The first-order valence-electron chi connectivity index (χ1n) is 11.7. The number of ether oxygens (including phenoxy) is 1. The van der Waals surface area contributed by atoms with Crippen molar-refractivity contribution in [3.05, 3.63) is 22.8 Å². The van der Waals surface area contributed by atoms with Gasteiger partial charge in [-0.25, -0.2) is 8.78 Å². The van der Waals surface area contributed by atoms with E-state index in [1.807, 2.05) is 0 Å². The normalized spacial score (nSPS) is 47.7. The number of rotatable bonds is 4. The molecular weight excluding hydrogens is 489 g/mol. The number of aliphatic hydroxyl groups excluding tert-OH is 1. The highest BCUT2D eigenvalue weighted by atomic mass is 35.5. The van der Waals surface area contributed by atoms with Gasteiger partial charge in [0.2, 0.25) is 0 Å². The largest absolute Gasteiger partial charge is 0.450 e. The first kappa shape index (κ1) is 25.8. The Morgan fingerprint density at radius 1 is 1.26 bits per heavy atom. The van der Waals surface area contributed by atoms with Crippen molar-refractivity contribution in [3.8, 4) is 0 Å². The van der Waals surface area contributed by atoms with Crippen molar-refractivity contribution in [1.82, 2.24) is 0 Å². The van der Waals surface area contributed by atoms with Crippen molar-refractivity contribution < 1.29 is 33.0 Å². The fourth-order valence-corrected chi connectivity index (χ4v) is 8.27. The third kappa shape index (κ3) is 2.95. The number of ketones is 2. The molecule has 0 saturated heterocycles. The van der Waals surface area contributed by atoms with Crippen molar-refractivity contribution in [1.29, 1.82) is 0 Å². The molecule has 0 aromatic heterocycles. The van der Waals surface area contributed by atoms with Gasteiger partial charge in [0, 0.05) is 29.1 Å². The van der Waals surface area contributed by atoms with Crippen LogP contribution in [0.2, 0.25) is 0 Å². The number of alkyl halides is 3. The van der Waals surface area contributed by atoms with Crippen LogP contribution in [0, 0.1) is 28.6 Å². The first-order valence-corrected chi connectivity index (χ1v) is 12.6. The predicted molar refractivity (Wildman–Crippen MR) is 123 cm³/mol. The van der Waals surface area contributed by atoms with Crippen molar-refractivity contribution in [2.24, 2.45) is 28.6 Å². The van der Waals surface area contributed by atoms with Gasteiger partial charge >= 0.3 is 5.97 Å². The molecule has 0 aromatic rings. The third-order valence-electron chi connectivity index (χ3n) is 9.33. The number of esters is 1. The van der Waals surface area contributed by atoms with Gasteiger partial charge in [0.1, 0.15) is 6.17 Å². The van der Waals surface area contributed by atoms with Crippen LogP contribution in [-0.2, 0) is 19.1 Å². The maximum absolute atomic E-state index is 17.3. The molecule has 5 nitrogen and oxygen atoms in total. The summed E-state index contributed by atoms with van der Waals surface area (Å²) < 4.78 is 38.7. The SMILES string of the molecule is CCC(=O)O[C@@]1(C(=O)CCl)[C@H](C)C[C@H]2[C@@H]3C[C@H](F)C4=CC(=O)C(Cl)=C[C@]4(C)[C@@]3(F)[C@@H](O)C[C@@]21C. The molecule has 9 atom stereocenters. The van der Waals surface area contributed by atoms with E-state index in [1.54, 1.807) is 20.8 Å². The Kier molecular flexibility index (Phi) is 6.14. The summed E-state index contributed by atoms with van der Waals surface area (Å²) in [5.41, 5.74) is -6.85. The number of hydrogen-bond acceptors (Lipinski definition) is 5. The van der Waals surface area contributed by atoms with E-state index < -0.39 is 75.5 Å². The van der Waals surface area contributed by atoms with Gasteiger partial charge in [-0.15, -0.1) is 11.6 Å². The highest BCUT2D eigenvalue weighted by molar-refractivity contribution is 6.44. The molecule has 0 aliphatic heterocycles. The Balaban J connectivity index is 1.90. The second kappa shape index (κ2) is 8.10. The van der Waals surface area contributed by atoms with Gasteiger partial charge in [-0.3, -0.25) is 14.4 Å². The average molecular weight is 519 g/mol. The molecule has 0 heterocycles. The van der Waals surface area contributed by atoms with Crippen LogP contribution in [0.15, 0.2) is 22.8 Å². The lowest BCUT2D eigenvalue weighted by Crippen LogP contribution is -2.71. The standard InChI is InChI=1S/C25H30Cl2F2O5/c1-5-21(33)34-25(20(32)11-26)12(2)6-13-14-7-17(28)15-8-18(30)16(27)9-22(15,3)24(14,29)19(31)10-23(13,25)4/h8-9,12-14,17,19,31H,5-7,10-11H2,1-4H3/t12-,13+,14+,17+,19+,22+,23+,24+,25-/m1/s1. The molecule has 3 fully saturated rings. The van der Waals surface area contributed by atoms with Crippen molar-refractivity contribution in [2.75, 3.05) is 5.88 Å². The fraction of sp³-hybridized carbons (Fsp3) is 0.720. The van der Waals surface area contributed by atoms with E-state index in [1.165, 1.54) is 13.0 Å². The van der Waals surface area contributed by atoms with Crippen molar-refractivity contribution >= 4 is 40.7 Å². The van der Waals surface area contributed by atoms with Gasteiger partial charge in [-0.2, -0.15) is 0 Å². The molecule has 0 spiro atoms. The van der Waals surface area contributed by atoms with Crippen molar-refractivity contribution in [2.45, 2.75) is 76.9 Å². The van der Waals surface area contributed by atoms with Gasteiger partial charge in [0.05, 0.1) is 17.0 Å². The van der Waals surface area contributed by atoms with Gasteiger partial charge in [0.25, 0.3) is 0 Å². The number of allylic oxidation sites excluding steroid dienone is 4. The van der Waals surface area contributed by atoms with Gasteiger partial charge < -0.3 is 9.84 Å². The summed E-state index contributed by atoms with van der Waals surface area (Å²) in [4.78, 5) is 37.9. The predicted octanol–water partition coefficient (Wildman–Crippen LogP) is 4.62. The lowest BCUT2D eigenvalue weighted by atomic mass is 9.44. The third-order valence-corrected chi connectivity index (χ3v) is 9.86. The number of halogens is 4. The molecule has 0 radical (unpaired) electrons. The first-order chi connectivity index (χ1) is 15.7. The summed E-state index contributed by atoms with van der Waals surface area (Å²) in [6.07, 6.45) is -1.15. The van der Waals surface area contributed by atoms with Crippen LogP contribution in [0.3, 0.4) is 0 Å². The number of carbonyl (C=O) groups excluding carboxylic acids is 3. The minimum atomic E-state index is -2.35. The number of carbonyl (C=O) groups is 3. The van der Waals surface area contributed by atoms with E-state index >= 15 is 8.78 Å². The average Bonchev–Trinajstić information content (AvgIpc) is 2.99. The molecule has 9 heteroatoms. The zero-order chi connectivity index (χ0) is 25.4. The van der Waals surface area contributed by atoms with Crippen molar-refractivity contribution in [3.63, 3.8) is 0 Å².